The maximum atomic E-state index is 13.8. The third kappa shape index (κ3) is 5.94. The lowest BCUT2D eigenvalue weighted by Gasteiger charge is -2.25. The van der Waals surface area contributed by atoms with Crippen LogP contribution in [0, 0.1) is 6.92 Å². The summed E-state index contributed by atoms with van der Waals surface area (Å²) in [6, 6.07) is 16.8. The van der Waals surface area contributed by atoms with Crippen LogP contribution in [0.4, 0.5) is 0 Å². The summed E-state index contributed by atoms with van der Waals surface area (Å²) in [5.41, 5.74) is 2.49. The van der Waals surface area contributed by atoms with Gasteiger partial charge in [0.05, 0.1) is 17.5 Å². The van der Waals surface area contributed by atoms with Gasteiger partial charge in [-0.2, -0.15) is 4.98 Å². The monoisotopic (exact) mass is 547 g/mol. The van der Waals surface area contributed by atoms with Gasteiger partial charge in [-0.15, -0.1) is 0 Å². The van der Waals surface area contributed by atoms with Gasteiger partial charge in [-0.1, -0.05) is 62.2 Å². The number of unbranched alkanes of at least 4 members (excludes halogenated alkanes) is 2. The first kappa shape index (κ1) is 28.2. The van der Waals surface area contributed by atoms with Crippen LogP contribution in [0.3, 0.4) is 0 Å². The van der Waals surface area contributed by atoms with Crippen molar-refractivity contribution >= 4 is 9.84 Å². The van der Waals surface area contributed by atoms with Crippen molar-refractivity contribution in [1.82, 2.24) is 14.5 Å². The maximum Gasteiger partial charge on any atom is 0.296 e. The Labute approximate surface area is 228 Å². The minimum atomic E-state index is -4.40. The van der Waals surface area contributed by atoms with E-state index in [1.165, 1.54) is 23.8 Å². The van der Waals surface area contributed by atoms with Crippen molar-refractivity contribution in [2.24, 2.45) is 0 Å². The Hall–Kier alpha value is -3.82. The van der Waals surface area contributed by atoms with Crippen LogP contribution in [0.2, 0.25) is 0 Å². The number of benzene rings is 2. The van der Waals surface area contributed by atoms with Crippen molar-refractivity contribution in [3.63, 3.8) is 0 Å². The fraction of sp³-hybridized carbons (Fsp3) is 0.300. The number of aromatic nitrogens is 3. The second-order valence-corrected chi connectivity index (χ2v) is 11.3. The van der Waals surface area contributed by atoms with Crippen molar-refractivity contribution in [3.8, 4) is 17.0 Å². The van der Waals surface area contributed by atoms with Crippen molar-refractivity contribution in [3.05, 3.63) is 100 Å². The Morgan fingerprint density at radius 2 is 1.74 bits per heavy atom. The number of hydrogen-bond donors (Lipinski definition) is 1. The van der Waals surface area contributed by atoms with Crippen LogP contribution in [-0.2, 0) is 21.0 Å². The summed E-state index contributed by atoms with van der Waals surface area (Å²) in [6.07, 6.45) is 6.41. The minimum Gasteiger partial charge on any atom is -0.493 e. The fourth-order valence-electron chi connectivity index (χ4n) is 4.70. The quantitative estimate of drug-likeness (QED) is 0.259. The lowest BCUT2D eigenvalue weighted by Crippen LogP contribution is -2.29. The second kappa shape index (κ2) is 12.4. The fourth-order valence-corrected chi connectivity index (χ4v) is 6.05. The topological polar surface area (TPSA) is 111 Å². The summed E-state index contributed by atoms with van der Waals surface area (Å²) < 4.78 is 34.5. The number of aryl methyl sites for hydroxylation is 2. The Kier molecular flexibility index (Phi) is 8.93. The molecule has 204 valence electrons. The second-order valence-electron chi connectivity index (χ2n) is 9.41. The SMILES string of the molecule is CCCCCc1nc(=O)c(S(=O)(=O)c2ccc(-c3ccncc3C)cc2)c(O)n1C(COC)c1ccccc1. The first-order chi connectivity index (χ1) is 18.8. The Morgan fingerprint density at radius 1 is 1.03 bits per heavy atom. The smallest absolute Gasteiger partial charge is 0.296 e. The van der Waals surface area contributed by atoms with Crippen LogP contribution in [0.25, 0.3) is 11.1 Å². The van der Waals surface area contributed by atoms with Crippen LogP contribution in [0.5, 0.6) is 5.88 Å². The molecule has 1 N–H and O–H groups in total. The zero-order chi connectivity index (χ0) is 28.0. The van der Waals surface area contributed by atoms with Gasteiger partial charge in [0.2, 0.25) is 15.7 Å². The summed E-state index contributed by atoms with van der Waals surface area (Å²) >= 11 is 0. The molecule has 0 aliphatic heterocycles. The molecule has 0 fully saturated rings. The van der Waals surface area contributed by atoms with Gasteiger partial charge in [0.25, 0.3) is 5.56 Å². The van der Waals surface area contributed by atoms with Gasteiger partial charge in [0.15, 0.2) is 4.90 Å². The third-order valence-corrected chi connectivity index (χ3v) is 8.51. The summed E-state index contributed by atoms with van der Waals surface area (Å²) in [5, 5.41) is 11.5. The summed E-state index contributed by atoms with van der Waals surface area (Å²) in [6.45, 7) is 4.12. The number of pyridine rings is 1. The molecule has 2 aromatic carbocycles. The van der Waals surface area contributed by atoms with Crippen molar-refractivity contribution < 1.29 is 18.3 Å². The molecule has 0 aliphatic carbocycles. The van der Waals surface area contributed by atoms with Gasteiger partial charge in [-0.3, -0.25) is 14.3 Å². The molecule has 0 aliphatic rings. The standard InChI is InChI=1S/C30H33N3O5S/c1-4-5-7-12-27-32-29(34)28(30(35)33(27)26(20-38-3)23-10-8-6-9-11-23)39(36,37)24-15-13-22(14-16-24)25-17-18-31-19-21(25)2/h6,8-11,13-19,26,35H,4-5,7,12,20H2,1-3H3. The molecule has 4 rings (SSSR count). The maximum absolute atomic E-state index is 13.8. The number of rotatable bonds is 11. The van der Waals surface area contributed by atoms with Gasteiger partial charge in [-0.25, -0.2) is 8.42 Å². The molecular weight excluding hydrogens is 514 g/mol. The van der Waals surface area contributed by atoms with E-state index in [-0.39, 0.29) is 11.5 Å². The van der Waals surface area contributed by atoms with Crippen LogP contribution in [-0.4, -0.2) is 41.8 Å². The average molecular weight is 548 g/mol. The van der Waals surface area contributed by atoms with E-state index in [1.807, 2.05) is 43.3 Å². The first-order valence-electron chi connectivity index (χ1n) is 12.9. The van der Waals surface area contributed by atoms with Gasteiger partial charge in [0, 0.05) is 25.9 Å². The van der Waals surface area contributed by atoms with Gasteiger partial charge < -0.3 is 9.84 Å². The number of aromatic hydroxyl groups is 1. The lowest BCUT2D eigenvalue weighted by molar-refractivity contribution is 0.161. The summed E-state index contributed by atoms with van der Waals surface area (Å²) in [7, 11) is -2.87. The van der Waals surface area contributed by atoms with Gasteiger partial charge in [-0.05, 0) is 53.8 Å². The average Bonchev–Trinajstić information content (AvgIpc) is 2.93. The molecule has 2 heterocycles. The molecule has 1 atom stereocenters. The van der Waals surface area contributed by atoms with Crippen LogP contribution < -0.4 is 5.56 Å². The molecule has 2 aromatic heterocycles. The molecule has 0 saturated heterocycles. The van der Waals surface area contributed by atoms with Crippen LogP contribution >= 0.6 is 0 Å². The Balaban J connectivity index is 1.86. The number of methoxy groups -OCH3 is 1. The summed E-state index contributed by atoms with van der Waals surface area (Å²) in [4.78, 5) is 20.7. The van der Waals surface area contributed by atoms with Gasteiger partial charge in [0.1, 0.15) is 5.82 Å². The minimum absolute atomic E-state index is 0.111. The lowest BCUT2D eigenvalue weighted by atomic mass is 10.0. The van der Waals surface area contributed by atoms with Crippen molar-refractivity contribution in [2.75, 3.05) is 13.7 Å². The largest absolute Gasteiger partial charge is 0.493 e. The normalized spacial score (nSPS) is 12.4. The van der Waals surface area contributed by atoms with Crippen molar-refractivity contribution in [1.29, 1.82) is 0 Å². The Morgan fingerprint density at radius 3 is 2.38 bits per heavy atom. The van der Waals surface area contributed by atoms with E-state index in [1.54, 1.807) is 24.5 Å². The first-order valence-corrected chi connectivity index (χ1v) is 14.4. The highest BCUT2D eigenvalue weighted by molar-refractivity contribution is 7.91. The molecule has 0 spiro atoms. The van der Waals surface area contributed by atoms with E-state index in [9.17, 15) is 18.3 Å². The van der Waals surface area contributed by atoms with E-state index < -0.39 is 32.2 Å². The molecule has 0 amide bonds. The molecular formula is C30H33N3O5S. The number of hydrogen-bond acceptors (Lipinski definition) is 7. The van der Waals surface area contributed by atoms with E-state index in [4.69, 9.17) is 4.74 Å². The zero-order valence-corrected chi connectivity index (χ0v) is 23.2. The van der Waals surface area contributed by atoms with Crippen LogP contribution in [0.1, 0.15) is 49.2 Å². The van der Waals surface area contributed by atoms with E-state index in [2.05, 4.69) is 16.9 Å². The Bertz CT molecular complexity index is 1580. The summed E-state index contributed by atoms with van der Waals surface area (Å²) in [5.74, 6) is -0.319. The molecule has 39 heavy (non-hydrogen) atoms. The molecule has 0 bridgehead atoms. The third-order valence-electron chi connectivity index (χ3n) is 6.72. The number of ether oxygens (including phenoxy) is 1. The molecule has 8 nitrogen and oxygen atoms in total. The zero-order valence-electron chi connectivity index (χ0n) is 22.4. The highest BCUT2D eigenvalue weighted by atomic mass is 32.2. The predicted molar refractivity (Wildman–Crippen MR) is 150 cm³/mol. The molecule has 0 saturated carbocycles. The van der Waals surface area contributed by atoms with Gasteiger partial charge >= 0.3 is 0 Å². The van der Waals surface area contributed by atoms with E-state index in [0.717, 1.165) is 41.5 Å². The molecule has 0 radical (unpaired) electrons. The highest BCUT2D eigenvalue weighted by Crippen LogP contribution is 2.33. The van der Waals surface area contributed by atoms with Crippen molar-refractivity contribution in [2.45, 2.75) is 55.4 Å². The van der Waals surface area contributed by atoms with E-state index >= 15 is 0 Å². The highest BCUT2D eigenvalue weighted by Gasteiger charge is 2.32. The molecule has 1 unspecified atom stereocenters. The van der Waals surface area contributed by atoms with E-state index in [0.29, 0.717) is 12.2 Å². The number of sulfone groups is 1. The molecule has 4 aromatic rings. The molecule has 9 heteroatoms. The number of nitrogens with zero attached hydrogens (tertiary/aromatic N) is 3. The predicted octanol–water partition coefficient (Wildman–Crippen LogP) is 5.12. The van der Waals surface area contributed by atoms with Crippen LogP contribution in [0.15, 0.2) is 87.6 Å².